The number of nitrogens with zero attached hydrogens (tertiary/aromatic N) is 1. The molecule has 0 bridgehead atoms. The molecule has 0 fully saturated rings. The maximum absolute atomic E-state index is 11.6. The maximum atomic E-state index is 11.6. The summed E-state index contributed by atoms with van der Waals surface area (Å²) in [6.45, 7) is 5.90. The van der Waals surface area contributed by atoms with Gasteiger partial charge in [-0.25, -0.2) is 4.79 Å². The Balaban J connectivity index is 1.90. The van der Waals surface area contributed by atoms with E-state index in [2.05, 4.69) is 15.6 Å². The lowest BCUT2D eigenvalue weighted by atomic mass is 10.1. The Labute approximate surface area is 153 Å². The van der Waals surface area contributed by atoms with Crippen LogP contribution < -0.4 is 16.4 Å². The summed E-state index contributed by atoms with van der Waals surface area (Å²) in [5.41, 5.74) is 7.70. The van der Waals surface area contributed by atoms with Crippen LogP contribution in [0.5, 0.6) is 0 Å². The van der Waals surface area contributed by atoms with E-state index in [1.807, 2.05) is 45.0 Å². The molecule has 0 saturated carbocycles. The molecule has 0 radical (unpaired) electrons. The van der Waals surface area contributed by atoms with Crippen LogP contribution in [0.4, 0.5) is 16.2 Å². The average molecular weight is 360 g/mol. The molecule has 2 rings (SSSR count). The second-order valence-electron chi connectivity index (χ2n) is 7.20. The summed E-state index contributed by atoms with van der Waals surface area (Å²) in [5, 5.41) is 16.6. The molecule has 0 aliphatic carbocycles. The lowest BCUT2D eigenvalue weighted by Crippen LogP contribution is -2.33. The average Bonchev–Trinajstić information content (AvgIpc) is 2.58. The topological polar surface area (TPSA) is 110 Å². The first-order valence-electron chi connectivity index (χ1n) is 8.77. The number of nitrogens with one attached hydrogen (secondary N) is 2. The molecule has 142 valence electrons. The lowest BCUT2D eigenvalue weighted by molar-refractivity contribution is 0.0526. The first kappa shape index (κ1) is 19.8. The molecular formula is C19H28N4O3. The zero-order chi connectivity index (χ0) is 19.2. The number of pyridine rings is 1. The van der Waals surface area contributed by atoms with Crippen molar-refractivity contribution in [2.45, 2.75) is 45.3 Å². The predicted octanol–water partition coefficient (Wildman–Crippen LogP) is 2.89. The number of nitrogens with two attached hydrogens (primary N) is 1. The molecule has 1 aromatic heterocycles. The zero-order valence-electron chi connectivity index (χ0n) is 15.6. The Morgan fingerprint density at radius 1 is 1.35 bits per heavy atom. The van der Waals surface area contributed by atoms with E-state index < -0.39 is 11.7 Å². The third kappa shape index (κ3) is 5.77. The summed E-state index contributed by atoms with van der Waals surface area (Å²) in [4.78, 5) is 15.9. The standard InChI is InChI=1S/C19H28N4O3/c1-19(2,3)26-18(25)21-10-6-7-13(12-24)23-17-14-8-4-5-9-16(14)22-11-15(17)20/h4-5,8-9,11,13,24H,6-7,10,12,20H2,1-3H3,(H,21,25)(H,22,23). The van der Waals surface area contributed by atoms with E-state index in [4.69, 9.17) is 10.5 Å². The van der Waals surface area contributed by atoms with Gasteiger partial charge in [0.15, 0.2) is 0 Å². The molecule has 0 saturated heterocycles. The van der Waals surface area contributed by atoms with E-state index in [1.54, 1.807) is 6.20 Å². The molecule has 1 atom stereocenters. The van der Waals surface area contributed by atoms with E-state index in [-0.39, 0.29) is 12.6 Å². The van der Waals surface area contributed by atoms with Crippen LogP contribution in [0.25, 0.3) is 10.9 Å². The second-order valence-corrected chi connectivity index (χ2v) is 7.20. The van der Waals surface area contributed by atoms with Crippen LogP contribution in [-0.2, 0) is 4.74 Å². The van der Waals surface area contributed by atoms with Crippen molar-refractivity contribution in [3.8, 4) is 0 Å². The first-order valence-corrected chi connectivity index (χ1v) is 8.77. The molecule has 0 aliphatic rings. The van der Waals surface area contributed by atoms with Crippen LogP contribution in [0.15, 0.2) is 30.5 Å². The number of hydrogen-bond acceptors (Lipinski definition) is 6. The number of carbonyl (C=O) groups excluding carboxylic acids is 1. The highest BCUT2D eigenvalue weighted by Crippen LogP contribution is 2.28. The van der Waals surface area contributed by atoms with Gasteiger partial charge in [-0.2, -0.15) is 0 Å². The number of carbonyl (C=O) groups is 1. The smallest absolute Gasteiger partial charge is 0.407 e. The van der Waals surface area contributed by atoms with Crippen molar-refractivity contribution in [2.75, 3.05) is 24.2 Å². The minimum absolute atomic E-state index is 0.0392. The molecule has 1 heterocycles. The number of hydrogen-bond donors (Lipinski definition) is 4. The van der Waals surface area contributed by atoms with Crippen LogP contribution in [0, 0.1) is 0 Å². The number of aliphatic hydroxyl groups is 1. The fourth-order valence-electron chi connectivity index (χ4n) is 2.58. The number of fused-ring (bicyclic) bond motifs is 1. The molecule has 0 aliphatic heterocycles. The van der Waals surface area contributed by atoms with Crippen LogP contribution in [0.2, 0.25) is 0 Å². The fourth-order valence-corrected chi connectivity index (χ4v) is 2.58. The Morgan fingerprint density at radius 3 is 2.77 bits per heavy atom. The summed E-state index contributed by atoms with van der Waals surface area (Å²) >= 11 is 0. The maximum Gasteiger partial charge on any atom is 0.407 e. The van der Waals surface area contributed by atoms with Gasteiger partial charge in [-0.05, 0) is 39.7 Å². The van der Waals surface area contributed by atoms with Crippen molar-refractivity contribution in [2.24, 2.45) is 0 Å². The fraction of sp³-hybridized carbons (Fsp3) is 0.474. The summed E-state index contributed by atoms with van der Waals surface area (Å²) in [7, 11) is 0. The minimum Gasteiger partial charge on any atom is -0.444 e. The van der Waals surface area contributed by atoms with Crippen molar-refractivity contribution in [1.29, 1.82) is 0 Å². The number of nitrogen functional groups attached to an aromatic ring is 1. The number of rotatable bonds is 7. The summed E-state index contributed by atoms with van der Waals surface area (Å²) in [5.74, 6) is 0. The molecule has 1 amide bonds. The van der Waals surface area contributed by atoms with Crippen molar-refractivity contribution in [3.05, 3.63) is 30.5 Å². The molecule has 7 nitrogen and oxygen atoms in total. The monoisotopic (exact) mass is 360 g/mol. The van der Waals surface area contributed by atoms with Gasteiger partial charge in [0, 0.05) is 18.0 Å². The van der Waals surface area contributed by atoms with Crippen LogP contribution in [-0.4, -0.2) is 41.0 Å². The Bertz CT molecular complexity index is 743. The third-order valence-corrected chi connectivity index (χ3v) is 3.77. The molecule has 5 N–H and O–H groups in total. The third-order valence-electron chi connectivity index (χ3n) is 3.77. The van der Waals surface area contributed by atoms with Crippen molar-refractivity contribution >= 4 is 28.4 Å². The minimum atomic E-state index is -0.515. The van der Waals surface area contributed by atoms with Gasteiger partial charge in [0.05, 0.1) is 29.7 Å². The molecule has 7 heteroatoms. The normalized spacial score (nSPS) is 12.6. The number of amides is 1. The molecule has 1 aromatic carbocycles. The highest BCUT2D eigenvalue weighted by Gasteiger charge is 2.16. The van der Waals surface area contributed by atoms with Gasteiger partial charge in [0.1, 0.15) is 5.60 Å². The molecule has 0 spiro atoms. The Morgan fingerprint density at radius 2 is 2.08 bits per heavy atom. The van der Waals surface area contributed by atoms with Gasteiger partial charge in [0.25, 0.3) is 0 Å². The molecule has 26 heavy (non-hydrogen) atoms. The molecular weight excluding hydrogens is 332 g/mol. The SMILES string of the molecule is CC(C)(C)OC(=O)NCCCC(CO)Nc1c(N)cnc2ccccc12. The Kier molecular flexibility index (Phi) is 6.63. The number of aromatic nitrogens is 1. The molecule has 1 unspecified atom stereocenters. The molecule has 2 aromatic rings. The van der Waals surface area contributed by atoms with Crippen molar-refractivity contribution < 1.29 is 14.6 Å². The van der Waals surface area contributed by atoms with Crippen LogP contribution >= 0.6 is 0 Å². The summed E-state index contributed by atoms with van der Waals surface area (Å²) in [6.07, 6.45) is 2.54. The highest BCUT2D eigenvalue weighted by atomic mass is 16.6. The van der Waals surface area contributed by atoms with Crippen LogP contribution in [0.1, 0.15) is 33.6 Å². The second kappa shape index (κ2) is 8.71. The number of ether oxygens (including phenoxy) is 1. The van der Waals surface area contributed by atoms with Gasteiger partial charge < -0.3 is 26.2 Å². The number of aliphatic hydroxyl groups excluding tert-OH is 1. The highest BCUT2D eigenvalue weighted by molar-refractivity contribution is 5.96. The van der Waals surface area contributed by atoms with E-state index >= 15 is 0 Å². The van der Waals surface area contributed by atoms with Gasteiger partial charge in [0.2, 0.25) is 0 Å². The first-order chi connectivity index (χ1) is 12.3. The van der Waals surface area contributed by atoms with Crippen molar-refractivity contribution in [3.63, 3.8) is 0 Å². The van der Waals surface area contributed by atoms with Crippen molar-refractivity contribution in [1.82, 2.24) is 10.3 Å². The largest absolute Gasteiger partial charge is 0.444 e. The zero-order valence-corrected chi connectivity index (χ0v) is 15.6. The quantitative estimate of drug-likeness (QED) is 0.565. The summed E-state index contributed by atoms with van der Waals surface area (Å²) < 4.78 is 5.19. The van der Waals surface area contributed by atoms with E-state index in [0.717, 1.165) is 16.6 Å². The van der Waals surface area contributed by atoms with Gasteiger partial charge in [-0.3, -0.25) is 4.98 Å². The summed E-state index contributed by atoms with van der Waals surface area (Å²) in [6, 6.07) is 7.52. The Hall–Kier alpha value is -2.54. The van der Waals surface area contributed by atoms with Gasteiger partial charge in [-0.1, -0.05) is 18.2 Å². The van der Waals surface area contributed by atoms with E-state index in [0.29, 0.717) is 25.1 Å². The number of anilines is 2. The number of para-hydroxylation sites is 1. The lowest BCUT2D eigenvalue weighted by Gasteiger charge is -2.21. The van der Waals surface area contributed by atoms with E-state index in [9.17, 15) is 9.90 Å². The number of benzene rings is 1. The number of alkyl carbamates (subject to hydrolysis) is 1. The van der Waals surface area contributed by atoms with Gasteiger partial charge in [-0.15, -0.1) is 0 Å². The van der Waals surface area contributed by atoms with Gasteiger partial charge >= 0.3 is 6.09 Å². The van der Waals surface area contributed by atoms with Crippen LogP contribution in [0.3, 0.4) is 0 Å². The predicted molar refractivity (Wildman–Crippen MR) is 104 cm³/mol. The van der Waals surface area contributed by atoms with E-state index in [1.165, 1.54) is 0 Å².